The van der Waals surface area contributed by atoms with Gasteiger partial charge in [-0.1, -0.05) is 24.3 Å². The van der Waals surface area contributed by atoms with E-state index in [4.69, 9.17) is 0 Å². The maximum absolute atomic E-state index is 14.0. The summed E-state index contributed by atoms with van der Waals surface area (Å²) in [7, 11) is 0. The molecule has 0 saturated heterocycles. The Morgan fingerprint density at radius 1 is 1.10 bits per heavy atom. The monoisotopic (exact) mass is 287 g/mol. The van der Waals surface area contributed by atoms with Crippen molar-refractivity contribution in [3.05, 3.63) is 69.8 Å². The highest BCUT2D eigenvalue weighted by atomic mass is 19.2. The fraction of sp³-hybridized carbons (Fsp3) is 0.235. The van der Waals surface area contributed by atoms with E-state index in [0.29, 0.717) is 18.5 Å². The lowest BCUT2D eigenvalue weighted by molar-refractivity contribution is 0.103. The Labute approximate surface area is 121 Å². The molecule has 1 aliphatic rings. The zero-order valence-corrected chi connectivity index (χ0v) is 11.7. The summed E-state index contributed by atoms with van der Waals surface area (Å²) in [5, 5.41) is 3.23. The number of aryl methyl sites for hydroxylation is 1. The molecule has 0 atom stereocenters. The van der Waals surface area contributed by atoms with Crippen LogP contribution in [0.5, 0.6) is 0 Å². The van der Waals surface area contributed by atoms with E-state index in [0.717, 1.165) is 17.7 Å². The first-order chi connectivity index (χ1) is 10.1. The van der Waals surface area contributed by atoms with Crippen molar-refractivity contribution in [2.75, 3.05) is 6.54 Å². The largest absolute Gasteiger partial charge is 0.312 e. The number of halogens is 2. The molecule has 0 amide bonds. The number of hydrogen-bond acceptors (Lipinski definition) is 2. The number of carbonyl (C=O) groups is 1. The molecular formula is C17H15F2NO. The summed E-state index contributed by atoms with van der Waals surface area (Å²) in [4.78, 5) is 12.6. The van der Waals surface area contributed by atoms with Gasteiger partial charge in [0.25, 0.3) is 0 Å². The van der Waals surface area contributed by atoms with Crippen LogP contribution in [0.15, 0.2) is 30.3 Å². The van der Waals surface area contributed by atoms with Crippen LogP contribution >= 0.6 is 0 Å². The predicted molar refractivity (Wildman–Crippen MR) is 76.4 cm³/mol. The second kappa shape index (κ2) is 5.37. The zero-order valence-electron chi connectivity index (χ0n) is 11.7. The van der Waals surface area contributed by atoms with Gasteiger partial charge in [0, 0.05) is 12.1 Å². The zero-order chi connectivity index (χ0) is 15.0. The van der Waals surface area contributed by atoms with Crippen LogP contribution in [0.4, 0.5) is 8.78 Å². The molecule has 1 heterocycles. The van der Waals surface area contributed by atoms with Gasteiger partial charge in [-0.05, 0) is 42.6 Å². The molecule has 3 rings (SSSR count). The smallest absolute Gasteiger partial charge is 0.196 e. The van der Waals surface area contributed by atoms with Crippen LogP contribution in [0.3, 0.4) is 0 Å². The van der Waals surface area contributed by atoms with Crippen molar-refractivity contribution in [3.63, 3.8) is 0 Å². The minimum atomic E-state index is -1.06. The van der Waals surface area contributed by atoms with Gasteiger partial charge in [0.15, 0.2) is 17.4 Å². The van der Waals surface area contributed by atoms with Gasteiger partial charge < -0.3 is 5.32 Å². The Morgan fingerprint density at radius 2 is 1.90 bits per heavy atom. The Kier molecular flexibility index (Phi) is 3.55. The van der Waals surface area contributed by atoms with Crippen molar-refractivity contribution in [1.82, 2.24) is 5.32 Å². The van der Waals surface area contributed by atoms with Crippen LogP contribution in [-0.4, -0.2) is 12.3 Å². The Bertz CT molecular complexity index is 725. The number of rotatable bonds is 2. The maximum atomic E-state index is 14.0. The molecule has 2 aromatic rings. The molecule has 0 bridgehead atoms. The Balaban J connectivity index is 2.10. The molecule has 4 heteroatoms. The van der Waals surface area contributed by atoms with E-state index in [1.165, 1.54) is 19.1 Å². The highest BCUT2D eigenvalue weighted by Crippen LogP contribution is 2.24. The molecule has 0 aromatic heterocycles. The van der Waals surface area contributed by atoms with Gasteiger partial charge in [-0.25, -0.2) is 8.78 Å². The highest BCUT2D eigenvalue weighted by Gasteiger charge is 2.22. The number of hydrogen-bond donors (Lipinski definition) is 1. The quantitative estimate of drug-likeness (QED) is 0.860. The van der Waals surface area contributed by atoms with Crippen molar-refractivity contribution in [3.8, 4) is 0 Å². The van der Waals surface area contributed by atoms with Crippen molar-refractivity contribution in [2.24, 2.45) is 0 Å². The lowest BCUT2D eigenvalue weighted by Gasteiger charge is -2.20. The Hall–Kier alpha value is -2.07. The molecule has 108 valence electrons. The first-order valence-electron chi connectivity index (χ1n) is 6.90. The second-order valence-corrected chi connectivity index (χ2v) is 5.26. The first-order valence-corrected chi connectivity index (χ1v) is 6.90. The molecule has 0 aliphatic carbocycles. The van der Waals surface area contributed by atoms with E-state index < -0.39 is 17.4 Å². The summed E-state index contributed by atoms with van der Waals surface area (Å²) in [5.74, 6) is -2.47. The standard InChI is InChI=1S/C17H15F2NO/c1-10-5-6-14(16(19)15(10)18)17(21)13-4-2-3-11-9-20-8-7-12(11)13/h2-6,20H,7-9H2,1H3. The van der Waals surface area contributed by atoms with Gasteiger partial charge in [0.2, 0.25) is 0 Å². The number of ketones is 1. The summed E-state index contributed by atoms with van der Waals surface area (Å²) in [5.41, 5.74) is 2.44. The number of carbonyl (C=O) groups excluding carboxylic acids is 1. The van der Waals surface area contributed by atoms with Gasteiger partial charge in [-0.15, -0.1) is 0 Å². The normalized spacial score (nSPS) is 13.9. The third kappa shape index (κ3) is 2.36. The number of benzene rings is 2. The Morgan fingerprint density at radius 3 is 2.71 bits per heavy atom. The van der Waals surface area contributed by atoms with Crippen LogP contribution in [0.2, 0.25) is 0 Å². The fourth-order valence-electron chi connectivity index (χ4n) is 2.71. The van der Waals surface area contributed by atoms with Gasteiger partial charge in [0.1, 0.15) is 0 Å². The van der Waals surface area contributed by atoms with Crippen molar-refractivity contribution in [1.29, 1.82) is 0 Å². The molecule has 2 nitrogen and oxygen atoms in total. The molecule has 2 aromatic carbocycles. The van der Waals surface area contributed by atoms with Gasteiger partial charge in [-0.2, -0.15) is 0 Å². The molecule has 1 N–H and O–H groups in total. The molecule has 0 saturated carbocycles. The summed E-state index contributed by atoms with van der Waals surface area (Å²) in [6, 6.07) is 8.20. The van der Waals surface area contributed by atoms with Crippen molar-refractivity contribution < 1.29 is 13.6 Å². The number of fused-ring (bicyclic) bond motifs is 1. The molecular weight excluding hydrogens is 272 g/mol. The van der Waals surface area contributed by atoms with E-state index in [-0.39, 0.29) is 11.1 Å². The second-order valence-electron chi connectivity index (χ2n) is 5.26. The molecule has 0 spiro atoms. The molecule has 0 radical (unpaired) electrons. The predicted octanol–water partition coefficient (Wildman–Crippen LogP) is 3.15. The molecule has 0 unspecified atom stereocenters. The van der Waals surface area contributed by atoms with E-state index in [1.807, 2.05) is 6.07 Å². The SMILES string of the molecule is Cc1ccc(C(=O)c2cccc3c2CCNC3)c(F)c1F. The van der Waals surface area contributed by atoms with Crippen LogP contribution in [0.1, 0.15) is 32.6 Å². The van der Waals surface area contributed by atoms with Crippen molar-refractivity contribution >= 4 is 5.78 Å². The van der Waals surface area contributed by atoms with E-state index in [9.17, 15) is 13.6 Å². The van der Waals surface area contributed by atoms with Crippen LogP contribution < -0.4 is 5.32 Å². The van der Waals surface area contributed by atoms with Gasteiger partial charge in [0.05, 0.1) is 5.56 Å². The molecule has 0 fully saturated rings. The third-order valence-corrected chi connectivity index (χ3v) is 3.90. The minimum absolute atomic E-state index is 0.198. The topological polar surface area (TPSA) is 29.1 Å². The third-order valence-electron chi connectivity index (χ3n) is 3.90. The van der Waals surface area contributed by atoms with Crippen LogP contribution in [0.25, 0.3) is 0 Å². The number of nitrogens with one attached hydrogen (secondary N) is 1. The van der Waals surface area contributed by atoms with Crippen LogP contribution in [0, 0.1) is 18.6 Å². The fourth-order valence-corrected chi connectivity index (χ4v) is 2.71. The van der Waals surface area contributed by atoms with E-state index in [2.05, 4.69) is 5.32 Å². The van der Waals surface area contributed by atoms with E-state index in [1.54, 1.807) is 12.1 Å². The minimum Gasteiger partial charge on any atom is -0.312 e. The van der Waals surface area contributed by atoms with Gasteiger partial charge >= 0.3 is 0 Å². The first kappa shape index (κ1) is 13.9. The van der Waals surface area contributed by atoms with E-state index >= 15 is 0 Å². The summed E-state index contributed by atoms with van der Waals surface area (Å²) < 4.78 is 27.7. The molecule has 1 aliphatic heterocycles. The van der Waals surface area contributed by atoms with Gasteiger partial charge in [-0.3, -0.25) is 4.79 Å². The lowest BCUT2D eigenvalue weighted by Crippen LogP contribution is -2.25. The maximum Gasteiger partial charge on any atom is 0.196 e. The average molecular weight is 287 g/mol. The van der Waals surface area contributed by atoms with Crippen LogP contribution in [-0.2, 0) is 13.0 Å². The summed E-state index contributed by atoms with van der Waals surface area (Å²) in [6.07, 6.45) is 0.715. The average Bonchev–Trinajstić information content (AvgIpc) is 2.51. The molecule has 21 heavy (non-hydrogen) atoms. The van der Waals surface area contributed by atoms with Crippen molar-refractivity contribution in [2.45, 2.75) is 19.9 Å². The highest BCUT2D eigenvalue weighted by molar-refractivity contribution is 6.10. The summed E-state index contributed by atoms with van der Waals surface area (Å²) in [6.45, 7) is 2.95. The lowest BCUT2D eigenvalue weighted by atomic mass is 9.90. The summed E-state index contributed by atoms with van der Waals surface area (Å²) >= 11 is 0.